The largest absolute Gasteiger partial charge is 0.350 e. The minimum absolute atomic E-state index is 0.256. The smallest absolute Gasteiger partial charge is 0.308 e. The number of nitriles is 1. The van der Waals surface area contributed by atoms with Crippen LogP contribution in [0.1, 0.15) is 27.2 Å². The highest BCUT2D eigenvalue weighted by molar-refractivity contribution is 7.56. The quantitative estimate of drug-likeness (QED) is 0.499. The van der Waals surface area contributed by atoms with Gasteiger partial charge < -0.3 is 9.05 Å². The molecule has 0 saturated carbocycles. The average Bonchev–Trinajstić information content (AvgIpc) is 2.18. The molecule has 4 nitrogen and oxygen atoms in total. The highest BCUT2D eigenvalue weighted by atomic mass is 31.2. The topological polar surface area (TPSA) is 59.3 Å². The first-order valence-electron chi connectivity index (χ1n) is 4.91. The van der Waals surface area contributed by atoms with Crippen LogP contribution in [0.2, 0.25) is 0 Å². The van der Waals surface area contributed by atoms with Gasteiger partial charge in [0.15, 0.2) is 5.16 Å². The first-order valence-corrected chi connectivity index (χ1v) is 6.45. The highest BCUT2D eigenvalue weighted by Gasteiger charge is 2.46. The molecule has 0 amide bonds. The fraction of sp³-hybridized carbons (Fsp3) is 0.700. The molecule has 0 aliphatic carbocycles. The van der Waals surface area contributed by atoms with Gasteiger partial charge in [-0.15, -0.1) is 6.58 Å². The lowest BCUT2D eigenvalue weighted by Crippen LogP contribution is -2.24. The summed E-state index contributed by atoms with van der Waals surface area (Å²) in [5, 5.41) is 7.92. The zero-order chi connectivity index (χ0) is 11.9. The van der Waals surface area contributed by atoms with Crippen LogP contribution >= 0.6 is 7.60 Å². The molecule has 0 fully saturated rings. The Morgan fingerprint density at radius 3 is 2.20 bits per heavy atom. The van der Waals surface area contributed by atoms with Gasteiger partial charge in [-0.05, 0) is 27.2 Å². The van der Waals surface area contributed by atoms with Crippen molar-refractivity contribution in [3.63, 3.8) is 0 Å². The summed E-state index contributed by atoms with van der Waals surface area (Å²) in [6.45, 7) is 9.06. The molecule has 0 aromatic heterocycles. The van der Waals surface area contributed by atoms with E-state index in [2.05, 4.69) is 6.58 Å². The van der Waals surface area contributed by atoms with Crippen LogP contribution in [0.5, 0.6) is 0 Å². The first kappa shape index (κ1) is 14.4. The normalized spacial score (nSPS) is 15.3. The molecule has 1 atom stereocenters. The average molecular weight is 231 g/mol. The van der Waals surface area contributed by atoms with E-state index in [-0.39, 0.29) is 19.6 Å². The van der Waals surface area contributed by atoms with Crippen LogP contribution in [-0.2, 0) is 13.6 Å². The Balaban J connectivity index is 5.11. The van der Waals surface area contributed by atoms with Gasteiger partial charge in [-0.1, -0.05) is 6.08 Å². The molecule has 0 aromatic carbocycles. The van der Waals surface area contributed by atoms with Crippen molar-refractivity contribution in [1.82, 2.24) is 0 Å². The third-order valence-corrected chi connectivity index (χ3v) is 4.67. The van der Waals surface area contributed by atoms with Crippen molar-refractivity contribution in [3.05, 3.63) is 12.7 Å². The molecule has 0 spiro atoms. The third kappa shape index (κ3) is 3.17. The van der Waals surface area contributed by atoms with E-state index >= 15 is 0 Å². The lowest BCUT2D eigenvalue weighted by atomic mass is 10.1. The second-order valence-corrected chi connectivity index (χ2v) is 5.71. The van der Waals surface area contributed by atoms with Crippen molar-refractivity contribution in [2.75, 3.05) is 13.2 Å². The number of allylic oxidation sites excluding steroid dienone is 1. The maximum absolute atomic E-state index is 12.3. The zero-order valence-electron chi connectivity index (χ0n) is 9.52. The predicted octanol–water partition coefficient (Wildman–Crippen LogP) is 3.11. The lowest BCUT2D eigenvalue weighted by Gasteiger charge is -2.29. The fourth-order valence-corrected chi connectivity index (χ4v) is 2.96. The lowest BCUT2D eigenvalue weighted by molar-refractivity contribution is 0.206. The minimum Gasteiger partial charge on any atom is -0.308 e. The van der Waals surface area contributed by atoms with Crippen LogP contribution < -0.4 is 0 Å². The molecule has 0 rings (SSSR count). The van der Waals surface area contributed by atoms with Crippen LogP contribution in [0.25, 0.3) is 0 Å². The maximum atomic E-state index is 12.3. The summed E-state index contributed by atoms with van der Waals surface area (Å²) in [4.78, 5) is 0. The number of hydrogen-bond acceptors (Lipinski definition) is 4. The molecule has 0 aliphatic rings. The van der Waals surface area contributed by atoms with Crippen molar-refractivity contribution in [2.24, 2.45) is 0 Å². The summed E-state index contributed by atoms with van der Waals surface area (Å²) in [6, 6.07) is 2.01. The molecule has 15 heavy (non-hydrogen) atoms. The van der Waals surface area contributed by atoms with E-state index in [4.69, 9.17) is 14.3 Å². The standard InChI is InChI=1S/C10H18NO3P/c1-5-8-10(4,9-11)15(12,13-6-2)14-7-3/h5H,1,6-8H2,2-4H3. The predicted molar refractivity (Wildman–Crippen MR) is 59.7 cm³/mol. The molecule has 0 aliphatic heterocycles. The summed E-state index contributed by atoms with van der Waals surface area (Å²) in [5.41, 5.74) is 0. The zero-order valence-corrected chi connectivity index (χ0v) is 10.4. The minimum atomic E-state index is -3.39. The van der Waals surface area contributed by atoms with Crippen LogP contribution in [0.4, 0.5) is 0 Å². The van der Waals surface area contributed by atoms with Crippen molar-refractivity contribution in [1.29, 1.82) is 5.26 Å². The van der Waals surface area contributed by atoms with Crippen molar-refractivity contribution >= 4 is 7.60 Å². The van der Waals surface area contributed by atoms with Gasteiger partial charge in [0, 0.05) is 0 Å². The summed E-state index contributed by atoms with van der Waals surface area (Å²) in [6.07, 6.45) is 1.83. The number of rotatable bonds is 7. The molecular formula is C10H18NO3P. The molecule has 0 bridgehead atoms. The van der Waals surface area contributed by atoms with E-state index in [0.29, 0.717) is 0 Å². The Labute approximate surface area is 91.4 Å². The van der Waals surface area contributed by atoms with E-state index in [9.17, 15) is 4.57 Å². The molecule has 0 aromatic rings. The van der Waals surface area contributed by atoms with E-state index in [0.717, 1.165) is 0 Å². The summed E-state index contributed by atoms with van der Waals surface area (Å²) in [7, 11) is -3.39. The van der Waals surface area contributed by atoms with Gasteiger partial charge in [-0.3, -0.25) is 4.57 Å². The maximum Gasteiger partial charge on any atom is 0.350 e. The SMILES string of the molecule is C=CCC(C)(C#N)P(=O)(OCC)OCC. The summed E-state index contributed by atoms with van der Waals surface area (Å²) < 4.78 is 22.6. The Bertz CT molecular complexity index is 288. The van der Waals surface area contributed by atoms with Gasteiger partial charge in [0.25, 0.3) is 0 Å². The van der Waals surface area contributed by atoms with Gasteiger partial charge in [-0.2, -0.15) is 5.26 Å². The van der Waals surface area contributed by atoms with Gasteiger partial charge in [0.1, 0.15) is 0 Å². The highest BCUT2D eigenvalue weighted by Crippen LogP contribution is 2.61. The molecular weight excluding hydrogens is 213 g/mol. The van der Waals surface area contributed by atoms with E-state index in [1.807, 2.05) is 6.07 Å². The molecule has 0 N–H and O–H groups in total. The summed E-state index contributed by atoms with van der Waals surface area (Å²) in [5.74, 6) is 0. The fourth-order valence-electron chi connectivity index (χ4n) is 1.16. The molecule has 0 radical (unpaired) electrons. The first-order chi connectivity index (χ1) is 6.99. The van der Waals surface area contributed by atoms with Crippen molar-refractivity contribution in [3.8, 4) is 6.07 Å². The van der Waals surface area contributed by atoms with Crippen molar-refractivity contribution in [2.45, 2.75) is 32.3 Å². The van der Waals surface area contributed by atoms with Crippen LogP contribution in [-0.4, -0.2) is 18.4 Å². The number of hydrogen-bond donors (Lipinski definition) is 0. The van der Waals surface area contributed by atoms with E-state index < -0.39 is 12.8 Å². The molecule has 0 heterocycles. The van der Waals surface area contributed by atoms with E-state index in [1.165, 1.54) is 0 Å². The van der Waals surface area contributed by atoms with Gasteiger partial charge in [0.05, 0.1) is 19.3 Å². The molecule has 0 saturated heterocycles. The van der Waals surface area contributed by atoms with Crippen molar-refractivity contribution < 1.29 is 13.6 Å². The molecule has 5 heteroatoms. The Morgan fingerprint density at radius 2 is 1.93 bits per heavy atom. The monoisotopic (exact) mass is 231 g/mol. The third-order valence-electron chi connectivity index (χ3n) is 1.99. The Kier molecular flexibility index (Phi) is 5.82. The number of nitrogens with zero attached hydrogens (tertiary/aromatic N) is 1. The van der Waals surface area contributed by atoms with Gasteiger partial charge >= 0.3 is 7.60 Å². The van der Waals surface area contributed by atoms with Crippen LogP contribution in [0.15, 0.2) is 12.7 Å². The van der Waals surface area contributed by atoms with Crippen LogP contribution in [0, 0.1) is 11.3 Å². The Morgan fingerprint density at radius 1 is 1.47 bits per heavy atom. The van der Waals surface area contributed by atoms with Crippen LogP contribution in [0.3, 0.4) is 0 Å². The Hall–Kier alpha value is -0.620. The van der Waals surface area contributed by atoms with Gasteiger partial charge in [0.2, 0.25) is 0 Å². The second-order valence-electron chi connectivity index (χ2n) is 3.21. The van der Waals surface area contributed by atoms with E-state index in [1.54, 1.807) is 26.8 Å². The molecule has 1 unspecified atom stereocenters. The summed E-state index contributed by atoms with van der Waals surface area (Å²) >= 11 is 0. The second kappa shape index (κ2) is 6.07. The molecule has 86 valence electrons. The van der Waals surface area contributed by atoms with Gasteiger partial charge in [-0.25, -0.2) is 0 Å².